The first kappa shape index (κ1) is 17.3. The third kappa shape index (κ3) is 5.63. The van der Waals surface area contributed by atoms with E-state index in [0.717, 1.165) is 6.42 Å². The fraction of sp³-hybridized carbons (Fsp3) is 0.562. The molecule has 1 aromatic carbocycles. The summed E-state index contributed by atoms with van der Waals surface area (Å²) in [5, 5.41) is 2.85. The van der Waals surface area contributed by atoms with E-state index in [-0.39, 0.29) is 17.4 Å². The van der Waals surface area contributed by atoms with E-state index in [0.29, 0.717) is 23.6 Å². The van der Waals surface area contributed by atoms with E-state index in [2.05, 4.69) is 26.1 Å². The average Bonchev–Trinajstić information content (AvgIpc) is 2.42. The Labute approximate surface area is 126 Å². The molecular formula is C16H26N2O3. The van der Waals surface area contributed by atoms with Gasteiger partial charge in [-0.25, -0.2) is 0 Å². The molecule has 0 aliphatic heterocycles. The van der Waals surface area contributed by atoms with Gasteiger partial charge in [-0.1, -0.05) is 20.8 Å². The Kier molecular flexibility index (Phi) is 6.03. The van der Waals surface area contributed by atoms with Gasteiger partial charge >= 0.3 is 0 Å². The zero-order chi connectivity index (χ0) is 16.0. The number of hydrogen-bond acceptors (Lipinski definition) is 4. The summed E-state index contributed by atoms with van der Waals surface area (Å²) in [4.78, 5) is 12.2. The van der Waals surface area contributed by atoms with Gasteiger partial charge in [0.25, 0.3) is 5.91 Å². The maximum absolute atomic E-state index is 12.2. The second-order valence-corrected chi connectivity index (χ2v) is 6.30. The largest absolute Gasteiger partial charge is 0.497 e. The predicted octanol–water partition coefficient (Wildman–Crippen LogP) is 2.20. The van der Waals surface area contributed by atoms with Gasteiger partial charge in [0.15, 0.2) is 0 Å². The Balaban J connectivity index is 2.68. The lowest BCUT2D eigenvalue weighted by atomic mass is 9.88. The van der Waals surface area contributed by atoms with E-state index in [1.165, 1.54) is 7.11 Å². The van der Waals surface area contributed by atoms with Crippen LogP contribution in [-0.2, 0) is 0 Å². The van der Waals surface area contributed by atoms with E-state index < -0.39 is 0 Å². The smallest absolute Gasteiger partial charge is 0.255 e. The molecule has 1 unspecified atom stereocenters. The number of ether oxygens (including phenoxy) is 2. The Morgan fingerprint density at radius 3 is 2.48 bits per heavy atom. The first-order valence-corrected chi connectivity index (χ1v) is 7.02. The summed E-state index contributed by atoms with van der Waals surface area (Å²) in [5.74, 6) is 0.933. The molecule has 0 fully saturated rings. The number of benzene rings is 1. The zero-order valence-corrected chi connectivity index (χ0v) is 13.5. The predicted molar refractivity (Wildman–Crippen MR) is 83.9 cm³/mol. The second-order valence-electron chi connectivity index (χ2n) is 6.30. The topological polar surface area (TPSA) is 73.6 Å². The normalized spacial score (nSPS) is 12.7. The van der Waals surface area contributed by atoms with Gasteiger partial charge in [-0.2, -0.15) is 0 Å². The van der Waals surface area contributed by atoms with Gasteiger partial charge < -0.3 is 20.5 Å². The molecule has 0 bridgehead atoms. The number of amides is 1. The molecule has 0 saturated heterocycles. The van der Waals surface area contributed by atoms with Crippen LogP contribution in [0, 0.1) is 5.41 Å². The number of rotatable bonds is 6. The highest BCUT2D eigenvalue weighted by atomic mass is 16.5. The molecule has 1 atom stereocenters. The van der Waals surface area contributed by atoms with Gasteiger partial charge in [0.05, 0.1) is 19.8 Å². The summed E-state index contributed by atoms with van der Waals surface area (Å²) in [6.45, 7) is 6.81. The van der Waals surface area contributed by atoms with Crippen molar-refractivity contribution in [2.24, 2.45) is 11.1 Å². The van der Waals surface area contributed by atoms with Gasteiger partial charge in [-0.05, 0) is 24.0 Å². The Hall–Kier alpha value is -1.75. The van der Waals surface area contributed by atoms with Crippen molar-refractivity contribution < 1.29 is 14.3 Å². The third-order valence-corrected chi connectivity index (χ3v) is 3.05. The first-order chi connectivity index (χ1) is 9.76. The van der Waals surface area contributed by atoms with Crippen LogP contribution in [0.3, 0.4) is 0 Å². The van der Waals surface area contributed by atoms with Gasteiger partial charge in [-0.3, -0.25) is 4.79 Å². The van der Waals surface area contributed by atoms with E-state index in [1.54, 1.807) is 25.3 Å². The molecule has 0 saturated carbocycles. The van der Waals surface area contributed by atoms with Crippen LogP contribution in [0.25, 0.3) is 0 Å². The van der Waals surface area contributed by atoms with Crippen LogP contribution >= 0.6 is 0 Å². The van der Waals surface area contributed by atoms with Crippen molar-refractivity contribution in [2.75, 3.05) is 20.8 Å². The molecule has 3 N–H and O–H groups in total. The number of nitrogens with one attached hydrogen (secondary N) is 1. The molecule has 1 rings (SSSR count). The van der Waals surface area contributed by atoms with Crippen LogP contribution < -0.4 is 20.5 Å². The lowest BCUT2D eigenvalue weighted by molar-refractivity contribution is 0.0945. The van der Waals surface area contributed by atoms with Crippen molar-refractivity contribution in [1.82, 2.24) is 5.32 Å². The molecule has 118 valence electrons. The molecule has 0 heterocycles. The summed E-state index contributed by atoms with van der Waals surface area (Å²) in [5.41, 5.74) is 6.65. The maximum atomic E-state index is 12.2. The van der Waals surface area contributed by atoms with Crippen molar-refractivity contribution in [3.05, 3.63) is 23.8 Å². The van der Waals surface area contributed by atoms with Crippen molar-refractivity contribution in [1.29, 1.82) is 0 Å². The van der Waals surface area contributed by atoms with E-state index >= 15 is 0 Å². The number of nitrogens with two attached hydrogens (primary N) is 1. The standard InChI is InChI=1S/C16H26N2O3/c1-16(2,3)9-11(17)10-18-15(19)13-7-6-12(20-4)8-14(13)21-5/h6-8,11H,9-10,17H2,1-5H3,(H,18,19). The highest BCUT2D eigenvalue weighted by Crippen LogP contribution is 2.24. The molecule has 5 nitrogen and oxygen atoms in total. The molecule has 5 heteroatoms. The average molecular weight is 294 g/mol. The minimum atomic E-state index is -0.195. The number of carbonyl (C=O) groups is 1. The summed E-state index contributed by atoms with van der Waals surface area (Å²) in [6.07, 6.45) is 0.840. The van der Waals surface area contributed by atoms with Crippen LogP contribution in [0.5, 0.6) is 11.5 Å². The minimum absolute atomic E-state index is 0.0711. The van der Waals surface area contributed by atoms with Crippen LogP contribution in [0.2, 0.25) is 0 Å². The summed E-state index contributed by atoms with van der Waals surface area (Å²) >= 11 is 0. The lowest BCUT2D eigenvalue weighted by Gasteiger charge is -2.23. The maximum Gasteiger partial charge on any atom is 0.255 e. The lowest BCUT2D eigenvalue weighted by Crippen LogP contribution is -2.39. The number of carbonyl (C=O) groups excluding carboxylic acids is 1. The van der Waals surface area contributed by atoms with Crippen LogP contribution in [0.1, 0.15) is 37.6 Å². The van der Waals surface area contributed by atoms with E-state index in [9.17, 15) is 4.79 Å². The second kappa shape index (κ2) is 7.31. The van der Waals surface area contributed by atoms with Gasteiger partial charge in [-0.15, -0.1) is 0 Å². The third-order valence-electron chi connectivity index (χ3n) is 3.05. The van der Waals surface area contributed by atoms with Crippen LogP contribution in [0.15, 0.2) is 18.2 Å². The van der Waals surface area contributed by atoms with E-state index in [1.807, 2.05) is 0 Å². The molecule has 0 aliphatic rings. The molecule has 0 aromatic heterocycles. The highest BCUT2D eigenvalue weighted by Gasteiger charge is 2.18. The Morgan fingerprint density at radius 2 is 1.95 bits per heavy atom. The Morgan fingerprint density at radius 1 is 1.29 bits per heavy atom. The van der Waals surface area contributed by atoms with Crippen molar-refractivity contribution in [2.45, 2.75) is 33.2 Å². The number of methoxy groups -OCH3 is 2. The van der Waals surface area contributed by atoms with Crippen LogP contribution in [0.4, 0.5) is 0 Å². The van der Waals surface area contributed by atoms with Crippen molar-refractivity contribution >= 4 is 5.91 Å². The molecule has 21 heavy (non-hydrogen) atoms. The summed E-state index contributed by atoms with van der Waals surface area (Å²) < 4.78 is 10.3. The van der Waals surface area contributed by atoms with Gasteiger partial charge in [0, 0.05) is 18.7 Å². The molecule has 1 aromatic rings. The fourth-order valence-corrected chi connectivity index (χ4v) is 2.16. The zero-order valence-electron chi connectivity index (χ0n) is 13.5. The summed E-state index contributed by atoms with van der Waals surface area (Å²) in [7, 11) is 3.09. The van der Waals surface area contributed by atoms with Crippen molar-refractivity contribution in [3.63, 3.8) is 0 Å². The number of hydrogen-bond donors (Lipinski definition) is 2. The van der Waals surface area contributed by atoms with E-state index in [4.69, 9.17) is 15.2 Å². The first-order valence-electron chi connectivity index (χ1n) is 7.02. The molecule has 0 radical (unpaired) electrons. The molecule has 1 amide bonds. The van der Waals surface area contributed by atoms with Gasteiger partial charge in [0.1, 0.15) is 11.5 Å². The fourth-order valence-electron chi connectivity index (χ4n) is 2.16. The highest BCUT2D eigenvalue weighted by molar-refractivity contribution is 5.97. The molecule has 0 aliphatic carbocycles. The van der Waals surface area contributed by atoms with Crippen molar-refractivity contribution in [3.8, 4) is 11.5 Å². The quantitative estimate of drug-likeness (QED) is 0.843. The van der Waals surface area contributed by atoms with Gasteiger partial charge in [0.2, 0.25) is 0 Å². The summed E-state index contributed by atoms with van der Waals surface area (Å²) in [6, 6.07) is 5.02. The monoisotopic (exact) mass is 294 g/mol. The minimum Gasteiger partial charge on any atom is -0.497 e. The Bertz CT molecular complexity index is 481. The molecule has 0 spiro atoms. The molecular weight excluding hydrogens is 268 g/mol. The SMILES string of the molecule is COc1ccc(C(=O)NCC(N)CC(C)(C)C)c(OC)c1. The van der Waals surface area contributed by atoms with Crippen LogP contribution in [-0.4, -0.2) is 32.7 Å².